The Kier molecular flexibility index (Phi) is 43.6. The normalized spacial score (nSPS) is 12.7. The fraction of sp³-hybridized carbons (Fsp3) is 0.906. The number of hydrogen-bond donors (Lipinski definition) is 0. The van der Waals surface area contributed by atoms with Gasteiger partial charge in [-0.2, -0.15) is 0 Å². The van der Waals surface area contributed by atoms with Crippen LogP contribution in [-0.2, 0) is 47.7 Å². The van der Waals surface area contributed by atoms with Crippen LogP contribution in [0.15, 0.2) is 0 Å². The molecular weight excluding hydrogens is 811 g/mol. The second-order valence-corrected chi connectivity index (χ2v) is 18.7. The van der Waals surface area contributed by atoms with Crippen molar-refractivity contribution in [3.63, 3.8) is 0 Å². The smallest absolute Gasteiger partial charge is 0.306 e. The molecule has 0 amide bonds. The number of esters is 5. The molecule has 0 aliphatic carbocycles. The lowest BCUT2D eigenvalue weighted by Gasteiger charge is -2.18. The summed E-state index contributed by atoms with van der Waals surface area (Å²) in [6.45, 7) is 10.3. The van der Waals surface area contributed by atoms with Crippen LogP contribution in [0.5, 0.6) is 0 Å². The van der Waals surface area contributed by atoms with Crippen molar-refractivity contribution in [2.75, 3.05) is 47.1 Å². The van der Waals surface area contributed by atoms with Gasteiger partial charge in [0.25, 0.3) is 0 Å². The number of unbranched alkanes of at least 4 members (excludes halogenated alkanes) is 18. The molecule has 3 atom stereocenters. The van der Waals surface area contributed by atoms with Crippen molar-refractivity contribution in [1.29, 1.82) is 0 Å². The molecule has 0 saturated carbocycles. The maximum atomic E-state index is 12.6. The number of rotatable bonds is 47. The molecule has 3 unspecified atom stereocenters. The molecular formula is C53H99NO10. The maximum Gasteiger partial charge on any atom is 0.306 e. The van der Waals surface area contributed by atoms with E-state index in [1.165, 1.54) is 96.3 Å². The fourth-order valence-corrected chi connectivity index (χ4v) is 7.81. The Morgan fingerprint density at radius 2 is 0.641 bits per heavy atom. The third-order valence-electron chi connectivity index (χ3n) is 12.0. The highest BCUT2D eigenvalue weighted by Gasteiger charge is 2.20. The van der Waals surface area contributed by atoms with E-state index >= 15 is 0 Å². The summed E-state index contributed by atoms with van der Waals surface area (Å²) in [4.78, 5) is 64.7. The zero-order valence-electron chi connectivity index (χ0n) is 42.3. The monoisotopic (exact) mass is 910 g/mol. The quantitative estimate of drug-likeness (QED) is 0.0328. The molecule has 11 heteroatoms. The molecule has 64 heavy (non-hydrogen) atoms. The van der Waals surface area contributed by atoms with Crippen molar-refractivity contribution in [3.8, 4) is 0 Å². The van der Waals surface area contributed by atoms with E-state index in [1.54, 1.807) is 0 Å². The Morgan fingerprint density at radius 3 is 1.03 bits per heavy atom. The Balaban J connectivity index is 4.54. The summed E-state index contributed by atoms with van der Waals surface area (Å²) in [6, 6.07) is 0. The molecule has 0 bridgehead atoms. The lowest BCUT2D eigenvalue weighted by Crippen LogP contribution is -2.31. The second kappa shape index (κ2) is 45.5. The number of carbonyl (C=O) groups is 5. The standard InChI is InChI=1S/C53H99NO10/c1-7-11-15-18-20-26-35-47(34-25-17-13-9-3)43-61-50(56)38-29-23-30-39-52(58)63-45-48(64-53(59)40-31-41-54(5)6)44-62-51(57)37-28-22-19-21-27-36-49(55)60-42-46(32-14-10-4)33-24-16-12-8-2/h46-48H,7-45H2,1-6H3. The van der Waals surface area contributed by atoms with Gasteiger partial charge in [-0.25, -0.2) is 0 Å². The van der Waals surface area contributed by atoms with Crippen LogP contribution < -0.4 is 0 Å². The molecule has 0 aliphatic heterocycles. The van der Waals surface area contributed by atoms with Crippen molar-refractivity contribution < 1.29 is 47.7 Å². The molecule has 0 aromatic carbocycles. The molecule has 0 aliphatic rings. The minimum absolute atomic E-state index is 0.114. The molecule has 0 rings (SSSR count). The van der Waals surface area contributed by atoms with Crippen LogP contribution in [0, 0.1) is 11.8 Å². The first-order valence-electron chi connectivity index (χ1n) is 26.5. The van der Waals surface area contributed by atoms with Gasteiger partial charge in [-0.1, -0.05) is 156 Å². The van der Waals surface area contributed by atoms with E-state index in [4.69, 9.17) is 23.7 Å². The van der Waals surface area contributed by atoms with Gasteiger partial charge in [-0.15, -0.1) is 0 Å². The SMILES string of the molecule is CCCCCCCCC(CCCCCC)COC(=O)CCCCCC(=O)OCC(COC(=O)CCCCCCCC(=O)OCC(CCCC)CCCCCC)OC(=O)CCCN(C)C. The van der Waals surface area contributed by atoms with E-state index < -0.39 is 24.0 Å². The second-order valence-electron chi connectivity index (χ2n) is 18.7. The van der Waals surface area contributed by atoms with Gasteiger partial charge in [0, 0.05) is 32.1 Å². The maximum absolute atomic E-state index is 12.6. The average molecular weight is 910 g/mol. The molecule has 0 aromatic rings. The summed E-state index contributed by atoms with van der Waals surface area (Å²) in [6.07, 6.45) is 31.3. The molecule has 376 valence electrons. The third kappa shape index (κ3) is 42.0. The minimum atomic E-state index is -0.895. The number of ether oxygens (including phenoxy) is 5. The van der Waals surface area contributed by atoms with Crippen LogP contribution in [0.4, 0.5) is 0 Å². The summed E-state index contributed by atoms with van der Waals surface area (Å²) in [5, 5.41) is 0. The fourth-order valence-electron chi connectivity index (χ4n) is 7.81. The predicted molar refractivity (Wildman–Crippen MR) is 259 cm³/mol. The van der Waals surface area contributed by atoms with E-state index in [-0.39, 0.29) is 44.4 Å². The Hall–Kier alpha value is -2.69. The van der Waals surface area contributed by atoms with E-state index in [2.05, 4.69) is 27.7 Å². The highest BCUT2D eigenvalue weighted by molar-refractivity contribution is 5.71. The van der Waals surface area contributed by atoms with Crippen LogP contribution in [0.1, 0.15) is 246 Å². The molecule has 0 aromatic heterocycles. The molecule has 0 spiro atoms. The summed E-state index contributed by atoms with van der Waals surface area (Å²) in [7, 11) is 3.86. The topological polar surface area (TPSA) is 135 Å². The zero-order chi connectivity index (χ0) is 47.3. The molecule has 11 nitrogen and oxygen atoms in total. The number of carbonyl (C=O) groups excluding carboxylic acids is 5. The highest BCUT2D eigenvalue weighted by atomic mass is 16.6. The molecule has 0 saturated heterocycles. The first-order chi connectivity index (χ1) is 31.0. The van der Waals surface area contributed by atoms with E-state index in [0.29, 0.717) is 70.0 Å². The molecule has 0 heterocycles. The van der Waals surface area contributed by atoms with Gasteiger partial charge in [-0.05, 0) is 90.3 Å². The summed E-state index contributed by atoms with van der Waals surface area (Å²) >= 11 is 0. The minimum Gasteiger partial charge on any atom is -0.465 e. The van der Waals surface area contributed by atoms with Crippen LogP contribution in [-0.4, -0.2) is 87.9 Å². The van der Waals surface area contributed by atoms with Crippen molar-refractivity contribution >= 4 is 29.8 Å². The van der Waals surface area contributed by atoms with Gasteiger partial charge in [0.1, 0.15) is 13.2 Å². The first-order valence-corrected chi connectivity index (χ1v) is 26.5. The van der Waals surface area contributed by atoms with Gasteiger partial charge in [-0.3, -0.25) is 24.0 Å². The molecule has 0 radical (unpaired) electrons. The van der Waals surface area contributed by atoms with Gasteiger partial charge in [0.05, 0.1) is 13.2 Å². The van der Waals surface area contributed by atoms with E-state index in [9.17, 15) is 24.0 Å². The van der Waals surface area contributed by atoms with Crippen molar-refractivity contribution in [3.05, 3.63) is 0 Å². The number of nitrogens with zero attached hydrogens (tertiary/aromatic N) is 1. The Morgan fingerprint density at radius 1 is 0.344 bits per heavy atom. The van der Waals surface area contributed by atoms with Gasteiger partial charge < -0.3 is 28.6 Å². The van der Waals surface area contributed by atoms with Crippen LogP contribution in [0.3, 0.4) is 0 Å². The predicted octanol–water partition coefficient (Wildman–Crippen LogP) is 13.2. The van der Waals surface area contributed by atoms with Crippen LogP contribution >= 0.6 is 0 Å². The average Bonchev–Trinajstić information content (AvgIpc) is 3.27. The number of hydrogen-bond acceptors (Lipinski definition) is 11. The molecule has 0 N–H and O–H groups in total. The Bertz CT molecular complexity index is 1130. The Labute approximate surface area is 392 Å². The lowest BCUT2D eigenvalue weighted by molar-refractivity contribution is -0.167. The third-order valence-corrected chi connectivity index (χ3v) is 12.0. The van der Waals surface area contributed by atoms with Gasteiger partial charge >= 0.3 is 29.8 Å². The van der Waals surface area contributed by atoms with E-state index in [1.807, 2.05) is 19.0 Å². The van der Waals surface area contributed by atoms with Gasteiger partial charge in [0.2, 0.25) is 0 Å². The van der Waals surface area contributed by atoms with Crippen molar-refractivity contribution in [1.82, 2.24) is 4.90 Å². The van der Waals surface area contributed by atoms with Crippen molar-refractivity contribution in [2.45, 2.75) is 252 Å². The summed E-state index contributed by atoms with van der Waals surface area (Å²) in [5.41, 5.74) is 0. The largest absolute Gasteiger partial charge is 0.465 e. The molecule has 0 fully saturated rings. The summed E-state index contributed by atoms with van der Waals surface area (Å²) < 4.78 is 27.9. The zero-order valence-corrected chi connectivity index (χ0v) is 42.3. The van der Waals surface area contributed by atoms with Crippen molar-refractivity contribution in [2.24, 2.45) is 11.8 Å². The van der Waals surface area contributed by atoms with Crippen LogP contribution in [0.2, 0.25) is 0 Å². The lowest BCUT2D eigenvalue weighted by atomic mass is 9.95. The first kappa shape index (κ1) is 61.3. The van der Waals surface area contributed by atoms with Crippen LogP contribution in [0.25, 0.3) is 0 Å². The van der Waals surface area contributed by atoms with E-state index in [0.717, 1.165) is 64.3 Å². The highest BCUT2D eigenvalue weighted by Crippen LogP contribution is 2.21. The van der Waals surface area contributed by atoms with Gasteiger partial charge in [0.15, 0.2) is 6.10 Å². The summed E-state index contributed by atoms with van der Waals surface area (Å²) in [5.74, 6) is -0.641.